The Bertz CT molecular complexity index is 1340. The first-order valence-electron chi connectivity index (χ1n) is 10.3. The van der Waals surface area contributed by atoms with Crippen molar-refractivity contribution in [2.24, 2.45) is 0 Å². The van der Waals surface area contributed by atoms with Crippen LogP contribution in [0.4, 0.5) is 0 Å². The summed E-state index contributed by atoms with van der Waals surface area (Å²) in [5.41, 5.74) is 6.42. The predicted molar refractivity (Wildman–Crippen MR) is 122 cm³/mol. The number of fused-ring (bicyclic) bond motifs is 3. The smallest absolute Gasteiger partial charge is 0.135 e. The Balaban J connectivity index is 1.46. The highest BCUT2D eigenvalue weighted by molar-refractivity contribution is 6.05. The summed E-state index contributed by atoms with van der Waals surface area (Å²) in [7, 11) is 0. The van der Waals surface area contributed by atoms with Gasteiger partial charge in [-0.05, 0) is 41.7 Å². The molecule has 2 aromatic heterocycles. The van der Waals surface area contributed by atoms with Crippen molar-refractivity contribution >= 4 is 21.9 Å². The normalized spacial score (nSPS) is 13.2. The fourth-order valence-electron chi connectivity index (χ4n) is 3.90. The van der Waals surface area contributed by atoms with Gasteiger partial charge in [-0.2, -0.15) is 0 Å². The Morgan fingerprint density at radius 3 is 2.37 bits per heavy atom. The molecule has 4 nitrogen and oxygen atoms in total. The number of rotatable bonds is 3. The van der Waals surface area contributed by atoms with Crippen LogP contribution in [0.2, 0.25) is 0 Å². The molecule has 0 saturated carbocycles. The Morgan fingerprint density at radius 2 is 1.60 bits per heavy atom. The molecule has 150 valence electrons. The number of aromatic nitrogens is 3. The number of nitrogens with zero attached hydrogens (tertiary/aromatic N) is 3. The zero-order valence-electron chi connectivity index (χ0n) is 17.8. The van der Waals surface area contributed by atoms with E-state index in [0.29, 0.717) is 0 Å². The van der Waals surface area contributed by atoms with Crippen LogP contribution in [0.5, 0.6) is 0 Å². The molecule has 0 aliphatic rings. The van der Waals surface area contributed by atoms with Gasteiger partial charge < -0.3 is 4.42 Å². The van der Waals surface area contributed by atoms with Crippen molar-refractivity contribution in [2.75, 3.05) is 0 Å². The second-order valence-corrected chi connectivity index (χ2v) is 8.94. The zero-order chi connectivity index (χ0) is 20.9. The molecule has 0 N–H and O–H groups in total. The molecular formula is C26H25N3O. The molecule has 30 heavy (non-hydrogen) atoms. The van der Waals surface area contributed by atoms with Gasteiger partial charge in [-0.1, -0.05) is 74.5 Å². The Morgan fingerprint density at radius 1 is 0.867 bits per heavy atom. The molecule has 5 aromatic rings. The average Bonchev–Trinajstić information content (AvgIpc) is 3.37. The third kappa shape index (κ3) is 3.18. The highest BCUT2D eigenvalue weighted by Gasteiger charge is 2.16. The fraction of sp³-hybridized carbons (Fsp3) is 0.231. The maximum atomic E-state index is 5.95. The third-order valence-electron chi connectivity index (χ3n) is 5.84. The topological polar surface area (TPSA) is 43.9 Å². The van der Waals surface area contributed by atoms with E-state index in [1.165, 1.54) is 11.1 Å². The van der Waals surface area contributed by atoms with E-state index in [1.54, 1.807) is 0 Å². The summed E-state index contributed by atoms with van der Waals surface area (Å²) in [5.74, 6) is 0. The fourth-order valence-corrected chi connectivity index (χ4v) is 3.90. The Kier molecular flexibility index (Phi) is 4.24. The van der Waals surface area contributed by atoms with Crippen LogP contribution in [0.15, 0.2) is 77.3 Å². The lowest BCUT2D eigenvalue weighted by Gasteiger charge is -2.18. The van der Waals surface area contributed by atoms with E-state index in [9.17, 15) is 0 Å². The van der Waals surface area contributed by atoms with E-state index in [4.69, 9.17) is 4.42 Å². The van der Waals surface area contributed by atoms with Crippen LogP contribution in [-0.4, -0.2) is 15.0 Å². The first-order chi connectivity index (χ1) is 14.4. The molecule has 0 amide bonds. The standard InChI is InChI=1S/C26H25N3O/c1-17(19-11-14-25-22(15-19)21-7-5-6-8-24(21)30-25)29-16-23(27-28-29)18-9-12-20(13-10-18)26(2,3)4/h5-17H,1-4H3. The molecule has 2 heterocycles. The van der Waals surface area contributed by atoms with Crippen LogP contribution in [0.3, 0.4) is 0 Å². The monoisotopic (exact) mass is 395 g/mol. The first kappa shape index (κ1) is 18.6. The van der Waals surface area contributed by atoms with E-state index >= 15 is 0 Å². The van der Waals surface area contributed by atoms with Gasteiger partial charge in [0.2, 0.25) is 0 Å². The number of para-hydroxylation sites is 1. The molecule has 5 rings (SSSR count). The van der Waals surface area contributed by atoms with Crippen molar-refractivity contribution in [1.82, 2.24) is 15.0 Å². The molecular weight excluding hydrogens is 370 g/mol. The summed E-state index contributed by atoms with van der Waals surface area (Å²) < 4.78 is 7.88. The number of furan rings is 1. The summed E-state index contributed by atoms with van der Waals surface area (Å²) in [6.45, 7) is 8.81. The molecule has 0 spiro atoms. The second kappa shape index (κ2) is 6.84. The van der Waals surface area contributed by atoms with E-state index in [1.807, 2.05) is 35.1 Å². The summed E-state index contributed by atoms with van der Waals surface area (Å²) in [6.07, 6.45) is 2.02. The van der Waals surface area contributed by atoms with E-state index in [2.05, 4.69) is 80.5 Å². The second-order valence-electron chi connectivity index (χ2n) is 8.94. The number of hydrogen-bond acceptors (Lipinski definition) is 3. The SMILES string of the molecule is CC(c1ccc2oc3ccccc3c2c1)n1cc(-c2ccc(C(C)(C)C)cc2)nn1. The van der Waals surface area contributed by atoms with Crippen molar-refractivity contribution in [2.45, 2.75) is 39.2 Å². The molecule has 0 bridgehead atoms. The molecule has 1 unspecified atom stereocenters. The van der Waals surface area contributed by atoms with Crippen molar-refractivity contribution < 1.29 is 4.42 Å². The van der Waals surface area contributed by atoms with Gasteiger partial charge in [0.05, 0.1) is 12.2 Å². The van der Waals surface area contributed by atoms with Crippen LogP contribution in [0.25, 0.3) is 33.2 Å². The summed E-state index contributed by atoms with van der Waals surface area (Å²) in [4.78, 5) is 0. The predicted octanol–water partition coefficient (Wildman–Crippen LogP) is 6.75. The minimum atomic E-state index is 0.0677. The molecule has 0 saturated heterocycles. The molecule has 0 fully saturated rings. The lowest BCUT2D eigenvalue weighted by Crippen LogP contribution is -2.10. The zero-order valence-corrected chi connectivity index (χ0v) is 17.8. The highest BCUT2D eigenvalue weighted by Crippen LogP contribution is 2.32. The maximum absolute atomic E-state index is 5.95. The van der Waals surface area contributed by atoms with Gasteiger partial charge in [0.25, 0.3) is 0 Å². The number of benzene rings is 3. The van der Waals surface area contributed by atoms with E-state index < -0.39 is 0 Å². The van der Waals surface area contributed by atoms with Gasteiger partial charge in [-0.15, -0.1) is 5.10 Å². The minimum absolute atomic E-state index is 0.0677. The van der Waals surface area contributed by atoms with Crippen LogP contribution in [-0.2, 0) is 5.41 Å². The summed E-state index contributed by atoms with van der Waals surface area (Å²) in [6, 6.07) is 23.2. The quantitative estimate of drug-likeness (QED) is 0.339. The average molecular weight is 396 g/mol. The van der Waals surface area contributed by atoms with Gasteiger partial charge in [-0.3, -0.25) is 0 Å². The van der Waals surface area contributed by atoms with Gasteiger partial charge >= 0.3 is 0 Å². The first-order valence-corrected chi connectivity index (χ1v) is 10.3. The lowest BCUT2D eigenvalue weighted by atomic mass is 9.86. The number of hydrogen-bond donors (Lipinski definition) is 0. The maximum Gasteiger partial charge on any atom is 0.135 e. The van der Waals surface area contributed by atoms with E-state index in [-0.39, 0.29) is 11.5 Å². The van der Waals surface area contributed by atoms with Crippen LogP contribution in [0, 0.1) is 0 Å². The van der Waals surface area contributed by atoms with E-state index in [0.717, 1.165) is 33.2 Å². The van der Waals surface area contributed by atoms with Crippen LogP contribution >= 0.6 is 0 Å². The van der Waals surface area contributed by atoms with Crippen LogP contribution in [0.1, 0.15) is 44.9 Å². The lowest BCUT2D eigenvalue weighted by molar-refractivity contribution is 0.543. The van der Waals surface area contributed by atoms with Crippen molar-refractivity contribution in [3.05, 3.63) is 84.1 Å². The molecule has 3 aromatic carbocycles. The van der Waals surface area contributed by atoms with Crippen LogP contribution < -0.4 is 0 Å². The molecule has 4 heteroatoms. The van der Waals surface area contributed by atoms with Crippen molar-refractivity contribution in [3.63, 3.8) is 0 Å². The highest BCUT2D eigenvalue weighted by atomic mass is 16.3. The molecule has 0 aliphatic heterocycles. The Hall–Kier alpha value is -3.40. The summed E-state index contributed by atoms with van der Waals surface area (Å²) >= 11 is 0. The van der Waals surface area contributed by atoms with Crippen molar-refractivity contribution in [3.8, 4) is 11.3 Å². The van der Waals surface area contributed by atoms with Crippen molar-refractivity contribution in [1.29, 1.82) is 0 Å². The largest absolute Gasteiger partial charge is 0.456 e. The van der Waals surface area contributed by atoms with Gasteiger partial charge in [0.1, 0.15) is 16.9 Å². The van der Waals surface area contributed by atoms with Gasteiger partial charge in [0, 0.05) is 16.3 Å². The molecule has 0 radical (unpaired) electrons. The Labute approximate surface area is 176 Å². The minimum Gasteiger partial charge on any atom is -0.456 e. The van der Waals surface area contributed by atoms with Gasteiger partial charge in [0.15, 0.2) is 0 Å². The van der Waals surface area contributed by atoms with Gasteiger partial charge in [-0.25, -0.2) is 4.68 Å². The third-order valence-corrected chi connectivity index (χ3v) is 5.84. The molecule has 0 aliphatic carbocycles. The molecule has 1 atom stereocenters. The summed E-state index contributed by atoms with van der Waals surface area (Å²) in [5, 5.41) is 11.1.